The van der Waals surface area contributed by atoms with Crippen LogP contribution in [-0.4, -0.2) is 0 Å². The molecular weight excluding hydrogens is 835 g/mol. The number of fused-ring (bicyclic) bond motifs is 6. The summed E-state index contributed by atoms with van der Waals surface area (Å²) in [4.78, 5) is 2.46. The van der Waals surface area contributed by atoms with Crippen LogP contribution in [0.5, 0.6) is 5.75 Å². The molecule has 0 bridgehead atoms. The van der Waals surface area contributed by atoms with Crippen LogP contribution >= 0.6 is 0 Å². The van der Waals surface area contributed by atoms with E-state index in [1.54, 1.807) is 0 Å². The monoisotopic (exact) mass is 895 g/mol. The lowest BCUT2D eigenvalue weighted by atomic mass is 9.67. The second-order valence-corrected chi connectivity index (χ2v) is 20.6. The number of hydrogen-bond acceptors (Lipinski definition) is 2. The fourth-order valence-electron chi connectivity index (χ4n) is 11.7. The van der Waals surface area contributed by atoms with Crippen LogP contribution in [0.25, 0.3) is 33.4 Å². The molecule has 0 heterocycles. The number of hydrogen-bond donors (Lipinski definition) is 0. The summed E-state index contributed by atoms with van der Waals surface area (Å²) in [6.07, 6.45) is 1.20. The first-order valence-electron chi connectivity index (χ1n) is 24.9. The molecule has 11 rings (SSSR count). The van der Waals surface area contributed by atoms with Crippen LogP contribution in [-0.2, 0) is 17.4 Å². The Morgan fingerprint density at radius 3 is 1.58 bits per heavy atom. The van der Waals surface area contributed by atoms with Crippen molar-refractivity contribution in [3.05, 3.63) is 263 Å². The minimum atomic E-state index is -0.592. The van der Waals surface area contributed by atoms with Crippen molar-refractivity contribution in [3.8, 4) is 39.1 Å². The molecule has 0 amide bonds. The number of nitrogens with zero attached hydrogens (tertiary/aromatic N) is 1. The van der Waals surface area contributed by atoms with Gasteiger partial charge >= 0.3 is 0 Å². The first-order valence-corrected chi connectivity index (χ1v) is 24.9. The molecule has 0 fully saturated rings. The maximum absolute atomic E-state index is 6.54. The van der Waals surface area contributed by atoms with E-state index in [-0.39, 0.29) is 5.41 Å². The van der Waals surface area contributed by atoms with E-state index in [1.165, 1.54) is 84.3 Å². The number of rotatable bonds is 13. The SMILES string of the molecule is CC(C)CC(c1ccc(COc2ccc(C3(c4ccccc4)c4ccccc4-c4ccc(N(c5ccc(-c6ccccc6)cc5)c5ccc6c(c5)C(C)(C)c5ccccc5-6)cc43)cc2)cc1)C(C)C. The number of anilines is 3. The van der Waals surface area contributed by atoms with E-state index in [0.29, 0.717) is 24.4 Å². The molecule has 2 nitrogen and oxygen atoms in total. The fraction of sp³-hybridized carbons (Fsp3) is 0.194. The zero-order valence-electron chi connectivity index (χ0n) is 40.8. The van der Waals surface area contributed by atoms with Crippen LogP contribution in [0.2, 0.25) is 0 Å². The third-order valence-electron chi connectivity index (χ3n) is 15.2. The Labute approximate surface area is 409 Å². The van der Waals surface area contributed by atoms with Crippen LogP contribution in [0.1, 0.15) is 98.4 Å². The van der Waals surface area contributed by atoms with E-state index in [2.05, 4.69) is 265 Å². The highest BCUT2D eigenvalue weighted by atomic mass is 16.5. The topological polar surface area (TPSA) is 12.5 Å². The third kappa shape index (κ3) is 7.77. The lowest BCUT2D eigenvalue weighted by molar-refractivity contribution is 0.306. The molecule has 2 atom stereocenters. The zero-order chi connectivity index (χ0) is 47.3. The highest BCUT2D eigenvalue weighted by Crippen LogP contribution is 2.58. The highest BCUT2D eigenvalue weighted by Gasteiger charge is 2.46. The normalized spacial score (nSPS) is 15.6. The van der Waals surface area contributed by atoms with Gasteiger partial charge in [-0.15, -0.1) is 0 Å². The predicted molar refractivity (Wildman–Crippen MR) is 289 cm³/mol. The lowest BCUT2D eigenvalue weighted by Crippen LogP contribution is -2.28. The summed E-state index contributed by atoms with van der Waals surface area (Å²) in [5, 5.41) is 0. The van der Waals surface area contributed by atoms with Crippen LogP contribution in [0.4, 0.5) is 17.1 Å². The molecule has 2 aliphatic carbocycles. The summed E-state index contributed by atoms with van der Waals surface area (Å²) in [6.45, 7) is 14.6. The van der Waals surface area contributed by atoms with Crippen molar-refractivity contribution in [2.24, 2.45) is 11.8 Å². The smallest absolute Gasteiger partial charge is 0.119 e. The molecule has 69 heavy (non-hydrogen) atoms. The fourth-order valence-corrected chi connectivity index (χ4v) is 11.7. The maximum atomic E-state index is 6.54. The molecule has 340 valence electrons. The third-order valence-corrected chi connectivity index (χ3v) is 15.2. The van der Waals surface area contributed by atoms with Gasteiger partial charge in [-0.2, -0.15) is 0 Å². The van der Waals surface area contributed by atoms with E-state index in [1.807, 2.05) is 0 Å². The lowest BCUT2D eigenvalue weighted by Gasteiger charge is -2.35. The maximum Gasteiger partial charge on any atom is 0.119 e. The van der Waals surface area contributed by atoms with E-state index >= 15 is 0 Å². The molecule has 0 N–H and O–H groups in total. The minimum absolute atomic E-state index is 0.141. The number of benzene rings is 9. The Kier molecular flexibility index (Phi) is 11.4. The van der Waals surface area contributed by atoms with Gasteiger partial charge in [0.2, 0.25) is 0 Å². The standard InChI is InChI=1S/C67H61NO/c1-45(2)41-61(46(3)4)50-27-25-47(26-28-50)44-69-56-37-31-52(32-38-56)67(51-19-11-8-12-20-51)63-24-16-14-22-58(63)60-40-36-55(43-65(60)67)68(53-33-29-49(30-34-53)48-17-9-7-10-18-48)54-35-39-59-57-21-13-15-23-62(57)66(5,6)64(59)42-54/h7-40,42-43,45-46,61H,41,44H2,1-6H3. The van der Waals surface area contributed by atoms with Gasteiger partial charge in [0.05, 0.1) is 5.41 Å². The summed E-state index contributed by atoms with van der Waals surface area (Å²) >= 11 is 0. The Balaban J connectivity index is 1.01. The molecular formula is C67H61NO. The van der Waals surface area contributed by atoms with Gasteiger partial charge in [-0.1, -0.05) is 211 Å². The van der Waals surface area contributed by atoms with Gasteiger partial charge in [0.15, 0.2) is 0 Å². The van der Waals surface area contributed by atoms with E-state index in [4.69, 9.17) is 4.74 Å². The summed E-state index contributed by atoms with van der Waals surface area (Å²) in [7, 11) is 0. The summed E-state index contributed by atoms with van der Waals surface area (Å²) in [5.41, 5.74) is 20.5. The Hall–Kier alpha value is -7.42. The van der Waals surface area contributed by atoms with Crippen molar-refractivity contribution in [1.29, 1.82) is 0 Å². The van der Waals surface area contributed by atoms with Crippen molar-refractivity contribution in [2.75, 3.05) is 4.90 Å². The summed E-state index contributed by atoms with van der Waals surface area (Å²) in [5.74, 6) is 2.69. The molecule has 0 saturated heterocycles. The van der Waals surface area contributed by atoms with Gasteiger partial charge in [-0.05, 0) is 151 Å². The molecule has 0 radical (unpaired) electrons. The molecule has 0 aromatic heterocycles. The van der Waals surface area contributed by atoms with Gasteiger partial charge in [-0.25, -0.2) is 0 Å². The Morgan fingerprint density at radius 1 is 0.435 bits per heavy atom. The second kappa shape index (κ2) is 17.9. The summed E-state index contributed by atoms with van der Waals surface area (Å²) in [6, 6.07) is 81.1. The van der Waals surface area contributed by atoms with Crippen LogP contribution < -0.4 is 9.64 Å². The average Bonchev–Trinajstić information content (AvgIpc) is 3.81. The van der Waals surface area contributed by atoms with E-state index in [0.717, 1.165) is 22.8 Å². The molecule has 9 aromatic rings. The molecule has 0 saturated carbocycles. The molecule has 9 aromatic carbocycles. The molecule has 2 aliphatic rings. The van der Waals surface area contributed by atoms with Gasteiger partial charge in [-0.3, -0.25) is 0 Å². The van der Waals surface area contributed by atoms with Crippen molar-refractivity contribution in [2.45, 2.75) is 71.3 Å². The first kappa shape index (κ1) is 44.1. The second-order valence-electron chi connectivity index (χ2n) is 20.6. The highest BCUT2D eigenvalue weighted by molar-refractivity contribution is 5.91. The van der Waals surface area contributed by atoms with E-state index < -0.39 is 5.41 Å². The summed E-state index contributed by atoms with van der Waals surface area (Å²) < 4.78 is 6.54. The molecule has 2 unspecified atom stereocenters. The number of ether oxygens (including phenoxy) is 1. The predicted octanol–water partition coefficient (Wildman–Crippen LogP) is 17.9. The Bertz CT molecular complexity index is 3260. The van der Waals surface area contributed by atoms with Crippen LogP contribution in [0.15, 0.2) is 218 Å². The van der Waals surface area contributed by atoms with Crippen molar-refractivity contribution in [3.63, 3.8) is 0 Å². The Morgan fingerprint density at radius 2 is 0.942 bits per heavy atom. The van der Waals surface area contributed by atoms with Crippen molar-refractivity contribution < 1.29 is 4.74 Å². The van der Waals surface area contributed by atoms with Crippen molar-refractivity contribution >= 4 is 17.1 Å². The quantitative estimate of drug-likeness (QED) is 0.114. The van der Waals surface area contributed by atoms with Crippen LogP contribution in [0, 0.1) is 11.8 Å². The molecule has 0 aliphatic heterocycles. The van der Waals surface area contributed by atoms with E-state index in [9.17, 15) is 0 Å². The van der Waals surface area contributed by atoms with Gasteiger partial charge in [0, 0.05) is 22.5 Å². The minimum Gasteiger partial charge on any atom is -0.489 e. The molecule has 2 heteroatoms. The van der Waals surface area contributed by atoms with Crippen LogP contribution in [0.3, 0.4) is 0 Å². The van der Waals surface area contributed by atoms with Gasteiger partial charge in [0.25, 0.3) is 0 Å². The largest absolute Gasteiger partial charge is 0.489 e. The molecule has 0 spiro atoms. The van der Waals surface area contributed by atoms with Gasteiger partial charge < -0.3 is 9.64 Å². The van der Waals surface area contributed by atoms with Gasteiger partial charge in [0.1, 0.15) is 12.4 Å². The van der Waals surface area contributed by atoms with Crippen molar-refractivity contribution in [1.82, 2.24) is 0 Å². The first-order chi connectivity index (χ1) is 33.6. The zero-order valence-corrected chi connectivity index (χ0v) is 40.8. The average molecular weight is 896 g/mol.